The summed E-state index contributed by atoms with van der Waals surface area (Å²) in [5.74, 6) is 0. The number of hydrazine groups is 1. The summed E-state index contributed by atoms with van der Waals surface area (Å²) in [7, 11) is 3.98. The van der Waals surface area contributed by atoms with Crippen LogP contribution >= 0.6 is 0 Å². The predicted octanol–water partition coefficient (Wildman–Crippen LogP) is 1.76. The highest BCUT2D eigenvalue weighted by molar-refractivity contribution is 5.97. The Morgan fingerprint density at radius 1 is 1.43 bits per heavy atom. The fourth-order valence-electron chi connectivity index (χ4n) is 1.83. The van der Waals surface area contributed by atoms with E-state index in [2.05, 4.69) is 16.8 Å². The molecule has 0 saturated carbocycles. The average Bonchev–Trinajstić information content (AvgIpc) is 2.44. The maximum atomic E-state index is 8.17. The van der Waals surface area contributed by atoms with Gasteiger partial charge in [0.2, 0.25) is 5.71 Å². The lowest BCUT2D eigenvalue weighted by atomic mass is 10.1. The van der Waals surface area contributed by atoms with Crippen LogP contribution in [0.5, 0.6) is 0 Å². The van der Waals surface area contributed by atoms with Crippen molar-refractivity contribution in [3.63, 3.8) is 0 Å². The van der Waals surface area contributed by atoms with Crippen LogP contribution < -0.4 is 0 Å². The minimum Gasteiger partial charge on any atom is -0.186 e. The topological polar surface area (TPSA) is 6.25 Å². The monoisotopic (exact) mass is 190 g/mol. The van der Waals surface area contributed by atoms with Crippen LogP contribution in [-0.2, 0) is 0 Å². The van der Waals surface area contributed by atoms with E-state index < -0.39 is 6.02 Å². The highest BCUT2D eigenvalue weighted by Gasteiger charge is 2.31. The Hall–Kier alpha value is -1.31. The second-order valence-electron chi connectivity index (χ2n) is 3.77. The van der Waals surface area contributed by atoms with Crippen LogP contribution in [0, 0.1) is 0 Å². The van der Waals surface area contributed by atoms with E-state index in [0.29, 0.717) is 0 Å². The van der Waals surface area contributed by atoms with Crippen molar-refractivity contribution in [1.82, 2.24) is 5.01 Å². The number of hydrogen-bond acceptors (Lipinski definition) is 1. The minimum absolute atomic E-state index is 0.528. The lowest BCUT2D eigenvalue weighted by Crippen LogP contribution is -2.30. The fraction of sp³-hybridized carbons (Fsp3) is 0.417. The molecule has 0 saturated heterocycles. The van der Waals surface area contributed by atoms with E-state index in [1.807, 2.05) is 44.2 Å². The Balaban J connectivity index is 2.40. The highest BCUT2D eigenvalue weighted by Crippen LogP contribution is 2.16. The van der Waals surface area contributed by atoms with Crippen LogP contribution in [0.4, 0.5) is 0 Å². The lowest BCUT2D eigenvalue weighted by Gasteiger charge is -2.11. The van der Waals surface area contributed by atoms with Crippen molar-refractivity contribution < 1.29 is 6.06 Å². The van der Waals surface area contributed by atoms with Crippen molar-refractivity contribution in [3.8, 4) is 0 Å². The van der Waals surface area contributed by atoms with E-state index in [1.54, 1.807) is 0 Å². The van der Waals surface area contributed by atoms with Gasteiger partial charge in [-0.25, -0.2) is 0 Å². The van der Waals surface area contributed by atoms with Gasteiger partial charge < -0.3 is 0 Å². The number of hydrogen-bond donors (Lipinski definition) is 0. The van der Waals surface area contributed by atoms with Gasteiger partial charge in [-0.1, -0.05) is 18.2 Å². The second kappa shape index (κ2) is 3.45. The molecule has 0 spiro atoms. The van der Waals surface area contributed by atoms with E-state index >= 15 is 0 Å². The SMILES string of the molecule is [2H]C1(C)CC(c2ccccc2)=[N+](C)N1C. The number of benzene rings is 1. The third kappa shape index (κ3) is 1.41. The zero-order valence-electron chi connectivity index (χ0n) is 9.99. The van der Waals surface area contributed by atoms with Crippen molar-refractivity contribution in [3.05, 3.63) is 35.9 Å². The van der Waals surface area contributed by atoms with E-state index in [4.69, 9.17) is 1.37 Å². The van der Waals surface area contributed by atoms with Crippen molar-refractivity contribution >= 4 is 5.71 Å². The summed E-state index contributed by atoms with van der Waals surface area (Å²) >= 11 is 0. The molecule has 2 rings (SSSR count). The Bertz CT molecular complexity index is 395. The summed E-state index contributed by atoms with van der Waals surface area (Å²) in [6, 6.07) is 9.76. The summed E-state index contributed by atoms with van der Waals surface area (Å²) in [6.45, 7) is 1.94. The largest absolute Gasteiger partial charge is 0.214 e. The Kier molecular flexibility index (Phi) is 1.98. The van der Waals surface area contributed by atoms with E-state index in [0.717, 1.165) is 6.42 Å². The first-order chi connectivity index (χ1) is 7.02. The van der Waals surface area contributed by atoms with E-state index in [9.17, 15) is 0 Å². The molecule has 0 amide bonds. The van der Waals surface area contributed by atoms with Gasteiger partial charge in [-0.3, -0.25) is 0 Å². The maximum Gasteiger partial charge on any atom is 0.214 e. The molecule has 14 heavy (non-hydrogen) atoms. The molecule has 1 heterocycles. The molecule has 74 valence electrons. The van der Waals surface area contributed by atoms with Crippen LogP contribution in [0.1, 0.15) is 20.3 Å². The van der Waals surface area contributed by atoms with Gasteiger partial charge in [-0.05, 0) is 19.1 Å². The van der Waals surface area contributed by atoms with Gasteiger partial charge in [-0.2, -0.15) is 5.01 Å². The molecule has 0 aliphatic carbocycles. The van der Waals surface area contributed by atoms with Gasteiger partial charge in [-0.15, -0.1) is 4.68 Å². The Labute approximate surface area is 86.9 Å². The quantitative estimate of drug-likeness (QED) is 0.612. The van der Waals surface area contributed by atoms with Gasteiger partial charge >= 0.3 is 0 Å². The molecular weight excluding hydrogens is 172 g/mol. The maximum absolute atomic E-state index is 8.17. The molecule has 0 aromatic heterocycles. The molecule has 1 atom stereocenters. The highest BCUT2D eigenvalue weighted by atomic mass is 15.6. The third-order valence-corrected chi connectivity index (χ3v) is 2.92. The zero-order chi connectivity index (χ0) is 11.1. The first kappa shape index (κ1) is 8.04. The molecule has 1 aliphatic rings. The smallest absolute Gasteiger partial charge is 0.186 e. The number of nitrogens with zero attached hydrogens (tertiary/aromatic N) is 2. The zero-order valence-corrected chi connectivity index (χ0v) is 8.99. The van der Waals surface area contributed by atoms with Crippen molar-refractivity contribution in [2.45, 2.75) is 19.4 Å². The number of hydrazone groups is 1. The summed E-state index contributed by atoms with van der Waals surface area (Å²) in [6.07, 6.45) is 0.768. The van der Waals surface area contributed by atoms with Gasteiger partial charge in [0.15, 0.2) is 7.05 Å². The molecule has 1 aromatic carbocycles. The van der Waals surface area contributed by atoms with Crippen LogP contribution in [0.25, 0.3) is 0 Å². The van der Waals surface area contributed by atoms with Gasteiger partial charge in [0.05, 0.1) is 20.9 Å². The summed E-state index contributed by atoms with van der Waals surface area (Å²) in [4.78, 5) is 0. The van der Waals surface area contributed by atoms with Gasteiger partial charge in [0.1, 0.15) is 0 Å². The average molecular weight is 190 g/mol. The second-order valence-corrected chi connectivity index (χ2v) is 3.77. The van der Waals surface area contributed by atoms with Crippen LogP contribution in [-0.4, -0.2) is 35.5 Å². The fourth-order valence-corrected chi connectivity index (χ4v) is 1.83. The Morgan fingerprint density at radius 2 is 2.07 bits per heavy atom. The molecule has 0 N–H and O–H groups in total. The summed E-state index contributed by atoms with van der Waals surface area (Å²) in [5.41, 5.74) is 2.43. The Morgan fingerprint density at radius 3 is 2.57 bits per heavy atom. The summed E-state index contributed by atoms with van der Waals surface area (Å²) in [5, 5.41) is 1.97. The minimum atomic E-state index is -0.528. The van der Waals surface area contributed by atoms with Crippen molar-refractivity contribution in [2.24, 2.45) is 0 Å². The first-order valence-electron chi connectivity index (χ1n) is 5.41. The molecule has 0 bridgehead atoms. The van der Waals surface area contributed by atoms with E-state index in [1.165, 1.54) is 11.3 Å². The van der Waals surface area contributed by atoms with Crippen LogP contribution in [0.3, 0.4) is 0 Å². The molecule has 1 aromatic rings. The summed E-state index contributed by atoms with van der Waals surface area (Å²) < 4.78 is 10.2. The van der Waals surface area contributed by atoms with Crippen LogP contribution in [0.15, 0.2) is 30.3 Å². The molecule has 1 unspecified atom stereocenters. The molecule has 0 fully saturated rings. The first-order valence-corrected chi connectivity index (χ1v) is 4.91. The van der Waals surface area contributed by atoms with Gasteiger partial charge in [0, 0.05) is 5.56 Å². The van der Waals surface area contributed by atoms with Gasteiger partial charge in [0.25, 0.3) is 0 Å². The van der Waals surface area contributed by atoms with Crippen molar-refractivity contribution in [1.29, 1.82) is 0 Å². The lowest BCUT2D eigenvalue weighted by molar-refractivity contribution is -0.658. The number of rotatable bonds is 1. The van der Waals surface area contributed by atoms with E-state index in [-0.39, 0.29) is 0 Å². The van der Waals surface area contributed by atoms with Crippen molar-refractivity contribution in [2.75, 3.05) is 14.1 Å². The van der Waals surface area contributed by atoms with Crippen LogP contribution in [0.2, 0.25) is 0 Å². The molecule has 1 aliphatic heterocycles. The normalized spacial score (nSPS) is 28.2. The standard InChI is InChI=1S/C12H17N2/c1-10-9-12(14(3)13(10)2)11-7-5-4-6-8-11/h4-8,10H,9H2,1-3H3/q+1/i10D. The molecular formula is C12H17N2+. The molecule has 0 radical (unpaired) electrons. The predicted molar refractivity (Wildman–Crippen MR) is 58.6 cm³/mol. The molecule has 2 heteroatoms. The molecule has 2 nitrogen and oxygen atoms in total. The third-order valence-electron chi connectivity index (χ3n) is 2.92.